The molecule has 0 spiro atoms. The summed E-state index contributed by atoms with van der Waals surface area (Å²) in [4.78, 5) is 3.88. The molecule has 3 rings (SSSR count). The van der Waals surface area contributed by atoms with Gasteiger partial charge in [-0.3, -0.25) is 0 Å². The van der Waals surface area contributed by atoms with Gasteiger partial charge in [0.25, 0.3) is 0 Å². The number of halogens is 1. The monoisotopic (exact) mass is 364 g/mol. The van der Waals surface area contributed by atoms with Gasteiger partial charge >= 0.3 is 0 Å². The minimum Gasteiger partial charge on any atom is -0.493 e. The van der Waals surface area contributed by atoms with Crippen LogP contribution in [0.3, 0.4) is 0 Å². The molecule has 0 aliphatic carbocycles. The Morgan fingerprint density at radius 2 is 1.83 bits per heavy atom. The van der Waals surface area contributed by atoms with Crippen LogP contribution in [0.25, 0.3) is 16.9 Å². The number of benzene rings is 1. The van der Waals surface area contributed by atoms with Crippen LogP contribution in [-0.2, 0) is 10.0 Å². The molecule has 0 radical (unpaired) electrons. The molecule has 7 nitrogen and oxygen atoms in total. The molecule has 2 heterocycles. The van der Waals surface area contributed by atoms with Crippen LogP contribution in [-0.4, -0.2) is 28.3 Å². The number of sulfonamides is 1. The molecule has 0 amide bonds. The van der Waals surface area contributed by atoms with Crippen LogP contribution in [0.15, 0.2) is 47.5 Å². The lowest BCUT2D eigenvalue weighted by Crippen LogP contribution is -2.12. The van der Waals surface area contributed by atoms with Gasteiger partial charge in [-0.1, -0.05) is 23.7 Å². The minimum atomic E-state index is -3.83. The Morgan fingerprint density at radius 3 is 2.38 bits per heavy atom. The van der Waals surface area contributed by atoms with Crippen LogP contribution in [0.4, 0.5) is 0 Å². The zero-order chi connectivity index (χ0) is 17.5. The summed E-state index contributed by atoms with van der Waals surface area (Å²) in [6.07, 6.45) is 1.11. The molecular weight excluding hydrogens is 352 g/mol. The molecule has 0 unspecified atom stereocenters. The van der Waals surface area contributed by atoms with Crippen molar-refractivity contribution in [2.75, 3.05) is 0 Å². The Balaban J connectivity index is 2.07. The largest absolute Gasteiger partial charge is 0.493 e. The first kappa shape index (κ1) is 16.4. The Kier molecular flexibility index (Phi) is 4.04. The quantitative estimate of drug-likeness (QED) is 0.740. The molecule has 0 saturated carbocycles. The van der Waals surface area contributed by atoms with E-state index < -0.39 is 10.0 Å². The van der Waals surface area contributed by atoms with Crippen molar-refractivity contribution in [2.45, 2.75) is 11.8 Å². The molecule has 0 aliphatic heterocycles. The molecule has 3 N–H and O–H groups in total. The first-order valence-corrected chi connectivity index (χ1v) is 8.73. The SMILES string of the molecule is Cc1nn(-c2ccc(S(N)(=O)=O)cn2)c(O)c1-c1ccc(Cl)cc1. The molecule has 0 fully saturated rings. The molecular formula is C15H13ClN4O3S. The van der Waals surface area contributed by atoms with Crippen molar-refractivity contribution in [3.8, 4) is 22.8 Å². The number of nitrogens with zero attached hydrogens (tertiary/aromatic N) is 3. The topological polar surface area (TPSA) is 111 Å². The van der Waals surface area contributed by atoms with E-state index in [1.165, 1.54) is 16.8 Å². The Hall–Kier alpha value is -2.42. The maximum Gasteiger partial charge on any atom is 0.239 e. The Labute approximate surface area is 143 Å². The lowest BCUT2D eigenvalue weighted by atomic mass is 10.1. The molecule has 3 aromatic rings. The molecule has 9 heteroatoms. The van der Waals surface area contributed by atoms with E-state index in [4.69, 9.17) is 16.7 Å². The number of rotatable bonds is 3. The summed E-state index contributed by atoms with van der Waals surface area (Å²) >= 11 is 5.88. The second-order valence-electron chi connectivity index (χ2n) is 5.10. The van der Waals surface area contributed by atoms with Crippen LogP contribution < -0.4 is 5.14 Å². The first-order chi connectivity index (χ1) is 11.3. The third-order valence-corrected chi connectivity index (χ3v) is 4.59. The van der Waals surface area contributed by atoms with Crippen molar-refractivity contribution >= 4 is 21.6 Å². The summed E-state index contributed by atoms with van der Waals surface area (Å²) < 4.78 is 23.8. The molecule has 0 bridgehead atoms. The van der Waals surface area contributed by atoms with Crippen molar-refractivity contribution in [1.29, 1.82) is 0 Å². The molecule has 124 valence electrons. The van der Waals surface area contributed by atoms with Gasteiger partial charge in [-0.15, -0.1) is 0 Å². The molecule has 0 atom stereocenters. The van der Waals surface area contributed by atoms with E-state index in [2.05, 4.69) is 10.1 Å². The number of aryl methyl sites for hydroxylation is 1. The molecule has 1 aromatic carbocycles. The number of aromatic hydroxyl groups is 1. The van der Waals surface area contributed by atoms with Gasteiger partial charge in [0.2, 0.25) is 15.9 Å². The molecule has 2 aromatic heterocycles. The lowest BCUT2D eigenvalue weighted by Gasteiger charge is -2.04. The van der Waals surface area contributed by atoms with Gasteiger partial charge in [0, 0.05) is 11.2 Å². The number of primary sulfonamides is 1. The average Bonchev–Trinajstić information content (AvgIpc) is 2.83. The minimum absolute atomic E-state index is 0.106. The maximum atomic E-state index is 11.3. The predicted molar refractivity (Wildman–Crippen MR) is 89.6 cm³/mol. The van der Waals surface area contributed by atoms with Crippen LogP contribution in [0.2, 0.25) is 5.02 Å². The smallest absolute Gasteiger partial charge is 0.239 e. The molecule has 0 aliphatic rings. The number of pyridine rings is 1. The van der Waals surface area contributed by atoms with Gasteiger partial charge in [0.1, 0.15) is 4.90 Å². The highest BCUT2D eigenvalue weighted by atomic mass is 35.5. The first-order valence-electron chi connectivity index (χ1n) is 6.81. The predicted octanol–water partition coefficient (Wildman–Crippen LogP) is 2.25. The summed E-state index contributed by atoms with van der Waals surface area (Å²) in [5.41, 5.74) is 1.89. The van der Waals surface area contributed by atoms with Crippen LogP contribution in [0, 0.1) is 6.92 Å². The normalized spacial score (nSPS) is 11.6. The molecule has 24 heavy (non-hydrogen) atoms. The van der Waals surface area contributed by atoms with E-state index in [-0.39, 0.29) is 16.6 Å². The Morgan fingerprint density at radius 1 is 1.17 bits per heavy atom. The number of hydrogen-bond donors (Lipinski definition) is 2. The van der Waals surface area contributed by atoms with E-state index in [0.29, 0.717) is 16.3 Å². The van der Waals surface area contributed by atoms with Gasteiger partial charge in [-0.05, 0) is 36.8 Å². The number of nitrogens with two attached hydrogens (primary N) is 1. The fraction of sp³-hybridized carbons (Fsp3) is 0.0667. The van der Waals surface area contributed by atoms with Crippen LogP contribution >= 0.6 is 11.6 Å². The third-order valence-electron chi connectivity index (χ3n) is 3.44. The summed E-state index contributed by atoms with van der Waals surface area (Å²) in [7, 11) is -3.83. The van der Waals surface area contributed by atoms with Crippen LogP contribution in [0.5, 0.6) is 5.88 Å². The van der Waals surface area contributed by atoms with E-state index in [0.717, 1.165) is 11.8 Å². The second-order valence-corrected chi connectivity index (χ2v) is 7.10. The van der Waals surface area contributed by atoms with Gasteiger partial charge < -0.3 is 5.11 Å². The third kappa shape index (κ3) is 2.99. The zero-order valence-electron chi connectivity index (χ0n) is 12.5. The van der Waals surface area contributed by atoms with Gasteiger partial charge in [0.15, 0.2) is 5.82 Å². The van der Waals surface area contributed by atoms with Gasteiger partial charge in [-0.2, -0.15) is 9.78 Å². The lowest BCUT2D eigenvalue weighted by molar-refractivity contribution is 0.433. The summed E-state index contributed by atoms with van der Waals surface area (Å²) in [6, 6.07) is 9.69. The van der Waals surface area contributed by atoms with Crippen LogP contribution in [0.1, 0.15) is 5.69 Å². The fourth-order valence-electron chi connectivity index (χ4n) is 2.30. The van der Waals surface area contributed by atoms with E-state index >= 15 is 0 Å². The van der Waals surface area contributed by atoms with Crippen molar-refractivity contribution in [3.63, 3.8) is 0 Å². The van der Waals surface area contributed by atoms with E-state index in [1.807, 2.05) is 0 Å². The average molecular weight is 365 g/mol. The van der Waals surface area contributed by atoms with Crippen molar-refractivity contribution in [3.05, 3.63) is 53.3 Å². The fourth-order valence-corrected chi connectivity index (χ4v) is 2.88. The van der Waals surface area contributed by atoms with Gasteiger partial charge in [0.05, 0.1) is 11.3 Å². The summed E-state index contributed by atoms with van der Waals surface area (Å²) in [5, 5.41) is 20.4. The standard InChI is InChI=1S/C15H13ClN4O3S/c1-9-14(10-2-4-11(16)5-3-10)15(21)20(19-9)13-7-6-12(8-18-13)24(17,22)23/h2-8,21H,1H3,(H2,17,22,23). The van der Waals surface area contributed by atoms with Crippen molar-refractivity contribution < 1.29 is 13.5 Å². The molecule has 0 saturated heterocycles. The number of hydrogen-bond acceptors (Lipinski definition) is 5. The summed E-state index contributed by atoms with van der Waals surface area (Å²) in [5.74, 6) is 0.161. The van der Waals surface area contributed by atoms with Crippen molar-refractivity contribution in [2.24, 2.45) is 5.14 Å². The van der Waals surface area contributed by atoms with E-state index in [1.54, 1.807) is 31.2 Å². The second kappa shape index (κ2) is 5.90. The number of aromatic nitrogens is 3. The highest BCUT2D eigenvalue weighted by Gasteiger charge is 2.18. The van der Waals surface area contributed by atoms with E-state index in [9.17, 15) is 13.5 Å². The zero-order valence-corrected chi connectivity index (χ0v) is 14.1. The maximum absolute atomic E-state index is 11.3. The van der Waals surface area contributed by atoms with Crippen molar-refractivity contribution in [1.82, 2.24) is 14.8 Å². The summed E-state index contributed by atoms with van der Waals surface area (Å²) in [6.45, 7) is 1.75. The Bertz CT molecular complexity index is 996. The highest BCUT2D eigenvalue weighted by molar-refractivity contribution is 7.89. The van der Waals surface area contributed by atoms with Gasteiger partial charge in [-0.25, -0.2) is 18.5 Å². The highest BCUT2D eigenvalue weighted by Crippen LogP contribution is 2.34.